The van der Waals surface area contributed by atoms with Crippen LogP contribution in [-0.4, -0.2) is 48.4 Å². The van der Waals surface area contributed by atoms with Crippen molar-refractivity contribution in [1.29, 1.82) is 0 Å². The maximum atomic E-state index is 12.2. The van der Waals surface area contributed by atoms with Crippen molar-refractivity contribution in [2.24, 2.45) is 7.05 Å². The number of hydrogen-bond donors (Lipinski definition) is 1. The normalized spacial score (nSPS) is 16.9. The first-order chi connectivity index (χ1) is 13.2. The quantitative estimate of drug-likeness (QED) is 0.714. The zero-order chi connectivity index (χ0) is 18.6. The van der Waals surface area contributed by atoms with Gasteiger partial charge in [-0.1, -0.05) is 0 Å². The molecule has 27 heavy (non-hydrogen) atoms. The molecule has 140 valence electrons. The predicted molar refractivity (Wildman–Crippen MR) is 99.8 cm³/mol. The Hall–Kier alpha value is -3.00. The Balaban J connectivity index is 1.37. The Morgan fingerprint density at radius 1 is 1.26 bits per heavy atom. The minimum Gasteiger partial charge on any atom is -0.352 e. The number of carbonyl (C=O) groups is 1. The summed E-state index contributed by atoms with van der Waals surface area (Å²) in [7, 11) is 1.93. The van der Waals surface area contributed by atoms with Gasteiger partial charge in [0, 0.05) is 63.6 Å². The topological polar surface area (TPSA) is 80.9 Å². The van der Waals surface area contributed by atoms with Gasteiger partial charge in [-0.2, -0.15) is 10.2 Å². The molecule has 4 rings (SSSR count). The van der Waals surface area contributed by atoms with E-state index in [4.69, 9.17) is 0 Å². The molecule has 3 aromatic rings. The number of aryl methyl sites for hydroxylation is 1. The summed E-state index contributed by atoms with van der Waals surface area (Å²) in [5, 5.41) is 11.7. The summed E-state index contributed by atoms with van der Waals surface area (Å²) in [5.41, 5.74) is 2.99. The van der Waals surface area contributed by atoms with Crippen molar-refractivity contribution in [2.45, 2.75) is 25.6 Å². The molecular formula is C19H23N7O. The lowest BCUT2D eigenvalue weighted by Crippen LogP contribution is -2.38. The van der Waals surface area contributed by atoms with Crippen LogP contribution >= 0.6 is 0 Å². The van der Waals surface area contributed by atoms with Gasteiger partial charge in [-0.3, -0.25) is 24.0 Å². The molecule has 0 fully saturated rings. The minimum atomic E-state index is -0.0909. The highest BCUT2D eigenvalue weighted by Crippen LogP contribution is 2.24. The van der Waals surface area contributed by atoms with Gasteiger partial charge in [0.1, 0.15) is 0 Å². The zero-order valence-electron chi connectivity index (χ0n) is 15.3. The molecule has 0 spiro atoms. The summed E-state index contributed by atoms with van der Waals surface area (Å²) in [6.07, 6.45) is 9.88. The molecule has 0 bridgehead atoms. The monoisotopic (exact) mass is 365 g/mol. The molecule has 0 saturated heterocycles. The molecule has 1 atom stereocenters. The second-order valence-electron chi connectivity index (χ2n) is 6.90. The predicted octanol–water partition coefficient (Wildman–Crippen LogP) is 1.39. The van der Waals surface area contributed by atoms with Crippen molar-refractivity contribution < 1.29 is 4.79 Å². The SMILES string of the molecule is Cn1cc(CN2Cc3ccnn3[C@H](CCNC(=O)c3cccnc3)C2)cn1. The number of pyridine rings is 1. The van der Waals surface area contributed by atoms with Crippen LogP contribution in [0, 0.1) is 0 Å². The average molecular weight is 365 g/mol. The van der Waals surface area contributed by atoms with Gasteiger partial charge in [-0.15, -0.1) is 0 Å². The number of amides is 1. The fraction of sp³-hybridized carbons (Fsp3) is 0.368. The molecule has 1 aliphatic heterocycles. The summed E-state index contributed by atoms with van der Waals surface area (Å²) < 4.78 is 3.92. The van der Waals surface area contributed by atoms with E-state index in [2.05, 4.69) is 42.3 Å². The molecule has 1 N–H and O–H groups in total. The van der Waals surface area contributed by atoms with Crippen LogP contribution in [0.25, 0.3) is 0 Å². The van der Waals surface area contributed by atoms with Gasteiger partial charge in [-0.25, -0.2) is 0 Å². The van der Waals surface area contributed by atoms with Crippen molar-refractivity contribution in [3.8, 4) is 0 Å². The lowest BCUT2D eigenvalue weighted by molar-refractivity contribution is 0.0946. The summed E-state index contributed by atoms with van der Waals surface area (Å²) >= 11 is 0. The van der Waals surface area contributed by atoms with E-state index in [1.54, 1.807) is 24.5 Å². The van der Waals surface area contributed by atoms with Crippen LogP contribution in [0.4, 0.5) is 0 Å². The van der Waals surface area contributed by atoms with Crippen molar-refractivity contribution in [1.82, 2.24) is 34.8 Å². The molecule has 8 heteroatoms. The molecule has 1 aliphatic rings. The summed E-state index contributed by atoms with van der Waals surface area (Å²) in [6.45, 7) is 3.22. The highest BCUT2D eigenvalue weighted by Gasteiger charge is 2.25. The van der Waals surface area contributed by atoms with E-state index < -0.39 is 0 Å². The van der Waals surface area contributed by atoms with Crippen LogP contribution in [0.5, 0.6) is 0 Å². The van der Waals surface area contributed by atoms with Crippen molar-refractivity contribution in [2.75, 3.05) is 13.1 Å². The van der Waals surface area contributed by atoms with Crippen LogP contribution in [0.3, 0.4) is 0 Å². The van der Waals surface area contributed by atoms with E-state index in [1.165, 1.54) is 11.3 Å². The number of hydrogen-bond acceptors (Lipinski definition) is 5. The molecule has 4 heterocycles. The van der Waals surface area contributed by atoms with Gasteiger partial charge in [-0.05, 0) is 24.6 Å². The molecule has 0 aliphatic carbocycles. The fourth-order valence-corrected chi connectivity index (χ4v) is 3.56. The lowest BCUT2D eigenvalue weighted by atomic mass is 10.1. The molecule has 0 radical (unpaired) electrons. The highest BCUT2D eigenvalue weighted by molar-refractivity contribution is 5.93. The number of rotatable bonds is 6. The smallest absolute Gasteiger partial charge is 0.252 e. The lowest BCUT2D eigenvalue weighted by Gasteiger charge is -2.33. The molecule has 0 unspecified atom stereocenters. The van der Waals surface area contributed by atoms with Gasteiger partial charge >= 0.3 is 0 Å². The second-order valence-corrected chi connectivity index (χ2v) is 6.90. The molecular weight excluding hydrogens is 342 g/mol. The Bertz CT molecular complexity index is 902. The summed E-state index contributed by atoms with van der Waals surface area (Å²) in [4.78, 5) is 18.6. The van der Waals surface area contributed by atoms with Crippen LogP contribution in [0.1, 0.15) is 34.1 Å². The third kappa shape index (κ3) is 4.06. The fourth-order valence-electron chi connectivity index (χ4n) is 3.56. The maximum absolute atomic E-state index is 12.2. The third-order valence-electron chi connectivity index (χ3n) is 4.80. The van der Waals surface area contributed by atoms with E-state index in [0.717, 1.165) is 26.1 Å². The molecule has 1 amide bonds. The van der Waals surface area contributed by atoms with Crippen LogP contribution in [-0.2, 0) is 20.1 Å². The summed E-state index contributed by atoms with van der Waals surface area (Å²) in [6, 6.07) is 5.83. The number of nitrogens with zero attached hydrogens (tertiary/aromatic N) is 6. The summed E-state index contributed by atoms with van der Waals surface area (Å²) in [5.74, 6) is -0.0909. The van der Waals surface area contributed by atoms with Gasteiger partial charge in [0.2, 0.25) is 0 Å². The van der Waals surface area contributed by atoms with E-state index in [-0.39, 0.29) is 11.9 Å². The largest absolute Gasteiger partial charge is 0.352 e. The third-order valence-corrected chi connectivity index (χ3v) is 4.80. The zero-order valence-corrected chi connectivity index (χ0v) is 15.3. The van der Waals surface area contributed by atoms with Gasteiger partial charge in [0.05, 0.1) is 23.5 Å². The first kappa shape index (κ1) is 17.4. The van der Waals surface area contributed by atoms with E-state index in [0.29, 0.717) is 12.1 Å². The highest BCUT2D eigenvalue weighted by atomic mass is 16.1. The van der Waals surface area contributed by atoms with Crippen LogP contribution < -0.4 is 5.32 Å². The number of fused-ring (bicyclic) bond motifs is 1. The van der Waals surface area contributed by atoms with Crippen LogP contribution in [0.2, 0.25) is 0 Å². The molecule has 3 aromatic heterocycles. The van der Waals surface area contributed by atoms with E-state index >= 15 is 0 Å². The number of aromatic nitrogens is 5. The number of nitrogens with one attached hydrogen (secondary N) is 1. The van der Waals surface area contributed by atoms with E-state index in [1.807, 2.05) is 24.1 Å². The molecule has 8 nitrogen and oxygen atoms in total. The number of carbonyl (C=O) groups excluding carboxylic acids is 1. The van der Waals surface area contributed by atoms with Gasteiger partial charge in [0.25, 0.3) is 5.91 Å². The Labute approximate surface area is 157 Å². The average Bonchev–Trinajstić information content (AvgIpc) is 3.31. The standard InChI is InChI=1S/C19H23N7O/c1-24-11-15(9-23-24)12-25-13-17(26-18(14-25)5-8-22-26)4-7-21-19(27)16-3-2-6-20-10-16/h2-3,5-6,8-11,17H,4,7,12-14H2,1H3,(H,21,27)/t17-/m1/s1. The first-order valence-electron chi connectivity index (χ1n) is 9.09. The first-order valence-corrected chi connectivity index (χ1v) is 9.09. The van der Waals surface area contributed by atoms with Gasteiger partial charge < -0.3 is 5.32 Å². The van der Waals surface area contributed by atoms with E-state index in [9.17, 15) is 4.79 Å². The molecule has 0 saturated carbocycles. The Kier molecular flexibility index (Phi) is 4.97. The Morgan fingerprint density at radius 2 is 2.19 bits per heavy atom. The Morgan fingerprint density at radius 3 is 2.96 bits per heavy atom. The minimum absolute atomic E-state index is 0.0909. The van der Waals surface area contributed by atoms with Crippen molar-refractivity contribution in [3.05, 3.63) is 66.0 Å². The van der Waals surface area contributed by atoms with Gasteiger partial charge in [0.15, 0.2) is 0 Å². The van der Waals surface area contributed by atoms with Crippen molar-refractivity contribution in [3.63, 3.8) is 0 Å². The van der Waals surface area contributed by atoms with Crippen LogP contribution in [0.15, 0.2) is 49.2 Å². The van der Waals surface area contributed by atoms with Crippen molar-refractivity contribution >= 4 is 5.91 Å². The second kappa shape index (κ2) is 7.71. The molecule has 0 aromatic carbocycles. The maximum Gasteiger partial charge on any atom is 0.252 e.